The molecule has 0 atom stereocenters. The van der Waals surface area contributed by atoms with E-state index in [0.29, 0.717) is 29.1 Å². The molecule has 0 aliphatic heterocycles. The summed E-state index contributed by atoms with van der Waals surface area (Å²) in [6.07, 6.45) is 0. The molecule has 138 valence electrons. The molecule has 2 aromatic rings. The predicted molar refractivity (Wildman–Crippen MR) is 103 cm³/mol. The molecule has 2 aromatic carbocycles. The third-order valence-electron chi connectivity index (χ3n) is 3.83. The first-order valence-electron chi connectivity index (χ1n) is 8.39. The van der Waals surface area contributed by atoms with Crippen LogP contribution in [0.5, 0.6) is 5.75 Å². The highest BCUT2D eigenvalue weighted by molar-refractivity contribution is 6.06. The van der Waals surface area contributed by atoms with Crippen LogP contribution in [0.3, 0.4) is 0 Å². The standard InChI is InChI=1S/C20H25N3O3/c1-14-8-9-18(26-4)17(12-14)22-20(25)16-7-5-6-15(13-16)19(24)21-10-11-23(2)3/h5-9,12-13H,10-11H2,1-4H3,(H,21,24)(H,22,25). The number of anilines is 1. The number of aryl methyl sites for hydroxylation is 1. The lowest BCUT2D eigenvalue weighted by atomic mass is 10.1. The van der Waals surface area contributed by atoms with Crippen LogP contribution >= 0.6 is 0 Å². The second-order valence-corrected chi connectivity index (χ2v) is 6.30. The van der Waals surface area contributed by atoms with Crippen LogP contribution in [0.25, 0.3) is 0 Å². The van der Waals surface area contributed by atoms with Gasteiger partial charge in [-0.3, -0.25) is 9.59 Å². The average Bonchev–Trinajstić information content (AvgIpc) is 2.61. The van der Waals surface area contributed by atoms with E-state index in [9.17, 15) is 9.59 Å². The second kappa shape index (κ2) is 9.01. The SMILES string of the molecule is COc1ccc(C)cc1NC(=O)c1cccc(C(=O)NCCN(C)C)c1. The predicted octanol–water partition coefficient (Wildman–Crippen LogP) is 2.55. The summed E-state index contributed by atoms with van der Waals surface area (Å²) in [7, 11) is 5.44. The van der Waals surface area contributed by atoms with Gasteiger partial charge in [-0.1, -0.05) is 12.1 Å². The molecule has 26 heavy (non-hydrogen) atoms. The smallest absolute Gasteiger partial charge is 0.255 e. The second-order valence-electron chi connectivity index (χ2n) is 6.30. The molecule has 6 heteroatoms. The van der Waals surface area contributed by atoms with Crippen molar-refractivity contribution >= 4 is 17.5 Å². The third kappa shape index (κ3) is 5.32. The molecule has 0 radical (unpaired) electrons. The molecule has 0 aromatic heterocycles. The largest absolute Gasteiger partial charge is 0.495 e. The first-order chi connectivity index (χ1) is 12.4. The van der Waals surface area contributed by atoms with Crippen LogP contribution in [0.15, 0.2) is 42.5 Å². The Kier molecular flexibility index (Phi) is 6.74. The van der Waals surface area contributed by atoms with E-state index in [1.807, 2.05) is 38.1 Å². The molecule has 0 aliphatic rings. The molecule has 0 fully saturated rings. The third-order valence-corrected chi connectivity index (χ3v) is 3.83. The van der Waals surface area contributed by atoms with Crippen molar-refractivity contribution in [1.29, 1.82) is 0 Å². The Morgan fingerprint density at radius 1 is 1.04 bits per heavy atom. The van der Waals surface area contributed by atoms with Crippen molar-refractivity contribution < 1.29 is 14.3 Å². The minimum absolute atomic E-state index is 0.199. The van der Waals surface area contributed by atoms with Gasteiger partial charge in [0.2, 0.25) is 0 Å². The van der Waals surface area contributed by atoms with Crippen LogP contribution in [-0.2, 0) is 0 Å². The van der Waals surface area contributed by atoms with E-state index in [2.05, 4.69) is 10.6 Å². The number of nitrogens with one attached hydrogen (secondary N) is 2. The van der Waals surface area contributed by atoms with Crippen LogP contribution in [0.2, 0.25) is 0 Å². The average molecular weight is 355 g/mol. The zero-order valence-electron chi connectivity index (χ0n) is 15.6. The quantitative estimate of drug-likeness (QED) is 0.801. The zero-order chi connectivity index (χ0) is 19.1. The van der Waals surface area contributed by atoms with Gasteiger partial charge in [0, 0.05) is 24.2 Å². The van der Waals surface area contributed by atoms with Gasteiger partial charge in [-0.25, -0.2) is 0 Å². The molecule has 2 rings (SSSR count). The lowest BCUT2D eigenvalue weighted by molar-refractivity contribution is 0.0951. The molecule has 0 saturated carbocycles. The van der Waals surface area contributed by atoms with E-state index in [4.69, 9.17) is 4.74 Å². The number of benzene rings is 2. The number of amides is 2. The molecule has 0 saturated heterocycles. The zero-order valence-corrected chi connectivity index (χ0v) is 15.6. The van der Waals surface area contributed by atoms with Crippen LogP contribution in [0.1, 0.15) is 26.3 Å². The Bertz CT molecular complexity index is 788. The molecule has 0 heterocycles. The highest BCUT2D eigenvalue weighted by atomic mass is 16.5. The van der Waals surface area contributed by atoms with E-state index in [1.54, 1.807) is 37.4 Å². The fourth-order valence-corrected chi connectivity index (χ4v) is 2.41. The van der Waals surface area contributed by atoms with Crippen molar-refractivity contribution in [3.63, 3.8) is 0 Å². The molecule has 0 bridgehead atoms. The van der Waals surface area contributed by atoms with Gasteiger partial charge in [0.1, 0.15) is 5.75 Å². The van der Waals surface area contributed by atoms with Crippen molar-refractivity contribution in [2.75, 3.05) is 39.6 Å². The van der Waals surface area contributed by atoms with Crippen molar-refractivity contribution in [2.45, 2.75) is 6.92 Å². The summed E-state index contributed by atoms with van der Waals surface area (Å²) >= 11 is 0. The van der Waals surface area contributed by atoms with Crippen LogP contribution in [0.4, 0.5) is 5.69 Å². The summed E-state index contributed by atoms with van der Waals surface area (Å²) in [4.78, 5) is 26.8. The number of likely N-dealkylation sites (N-methyl/N-ethyl adjacent to an activating group) is 1. The van der Waals surface area contributed by atoms with Crippen LogP contribution < -0.4 is 15.4 Å². The van der Waals surface area contributed by atoms with Gasteiger partial charge in [0.05, 0.1) is 12.8 Å². The number of ether oxygens (including phenoxy) is 1. The van der Waals surface area contributed by atoms with Crippen molar-refractivity contribution in [3.8, 4) is 5.75 Å². The summed E-state index contributed by atoms with van der Waals surface area (Å²) in [5.74, 6) is 0.0908. The molecule has 0 spiro atoms. The minimum Gasteiger partial charge on any atom is -0.495 e. The van der Waals surface area contributed by atoms with E-state index in [1.165, 1.54) is 0 Å². The van der Waals surface area contributed by atoms with E-state index in [0.717, 1.165) is 12.1 Å². The summed E-state index contributed by atoms with van der Waals surface area (Å²) in [6.45, 7) is 3.23. The molecule has 6 nitrogen and oxygen atoms in total. The molecule has 2 N–H and O–H groups in total. The Morgan fingerprint density at radius 3 is 2.38 bits per heavy atom. The first-order valence-corrected chi connectivity index (χ1v) is 8.39. The summed E-state index contributed by atoms with van der Waals surface area (Å²) in [5.41, 5.74) is 2.47. The van der Waals surface area contributed by atoms with Gasteiger partial charge in [0.25, 0.3) is 11.8 Å². The van der Waals surface area contributed by atoms with Crippen molar-refractivity contribution in [3.05, 3.63) is 59.2 Å². The van der Waals surface area contributed by atoms with E-state index < -0.39 is 0 Å². The molecule has 2 amide bonds. The molecule has 0 unspecified atom stereocenters. The monoisotopic (exact) mass is 355 g/mol. The van der Waals surface area contributed by atoms with E-state index in [-0.39, 0.29) is 11.8 Å². The normalized spacial score (nSPS) is 10.5. The maximum atomic E-state index is 12.6. The topological polar surface area (TPSA) is 70.7 Å². The molecular formula is C20H25N3O3. The van der Waals surface area contributed by atoms with Gasteiger partial charge < -0.3 is 20.3 Å². The number of carbonyl (C=O) groups excluding carboxylic acids is 2. The van der Waals surface area contributed by atoms with Gasteiger partial charge in [0.15, 0.2) is 0 Å². The van der Waals surface area contributed by atoms with Crippen molar-refractivity contribution in [1.82, 2.24) is 10.2 Å². The molecule has 0 aliphatic carbocycles. The van der Waals surface area contributed by atoms with Gasteiger partial charge in [-0.05, 0) is 56.9 Å². The molecular weight excluding hydrogens is 330 g/mol. The maximum Gasteiger partial charge on any atom is 0.255 e. The lowest BCUT2D eigenvalue weighted by Crippen LogP contribution is -2.31. The number of rotatable bonds is 7. The fraction of sp³-hybridized carbons (Fsp3) is 0.300. The number of hydrogen-bond acceptors (Lipinski definition) is 4. The number of carbonyl (C=O) groups is 2. The van der Waals surface area contributed by atoms with Gasteiger partial charge >= 0.3 is 0 Å². The maximum absolute atomic E-state index is 12.6. The lowest BCUT2D eigenvalue weighted by Gasteiger charge is -2.12. The summed E-state index contributed by atoms with van der Waals surface area (Å²) < 4.78 is 5.28. The summed E-state index contributed by atoms with van der Waals surface area (Å²) in [6, 6.07) is 12.2. The van der Waals surface area contributed by atoms with Gasteiger partial charge in [-0.15, -0.1) is 0 Å². The highest BCUT2D eigenvalue weighted by Crippen LogP contribution is 2.25. The van der Waals surface area contributed by atoms with Crippen LogP contribution in [-0.4, -0.2) is 51.0 Å². The first kappa shape index (κ1) is 19.5. The fourth-order valence-electron chi connectivity index (χ4n) is 2.41. The number of methoxy groups -OCH3 is 1. The van der Waals surface area contributed by atoms with Crippen LogP contribution in [0, 0.1) is 6.92 Å². The Labute approximate surface area is 154 Å². The number of hydrogen-bond donors (Lipinski definition) is 2. The summed E-state index contributed by atoms with van der Waals surface area (Å²) in [5, 5.41) is 5.68. The van der Waals surface area contributed by atoms with Crippen molar-refractivity contribution in [2.24, 2.45) is 0 Å². The Hall–Kier alpha value is -2.86. The van der Waals surface area contributed by atoms with Gasteiger partial charge in [-0.2, -0.15) is 0 Å². The Balaban J connectivity index is 2.10. The van der Waals surface area contributed by atoms with E-state index >= 15 is 0 Å². The Morgan fingerprint density at radius 2 is 1.73 bits per heavy atom. The number of nitrogens with zero attached hydrogens (tertiary/aromatic N) is 1. The minimum atomic E-state index is -0.295. The highest BCUT2D eigenvalue weighted by Gasteiger charge is 2.13.